The molecule has 0 amide bonds. The standard InChI is InChI=1S/C17H21IO4/c1-6-8-15(19)21-18(22-16(20)9-7-2)17-13(4)10-12(3)11-14(17)5/h6-11H,1-5H3/b8-6-,9-7-. The van der Waals surface area contributed by atoms with E-state index in [9.17, 15) is 9.59 Å². The van der Waals surface area contributed by atoms with Crippen molar-refractivity contribution in [2.24, 2.45) is 0 Å². The predicted molar refractivity (Wildman–Crippen MR) is 95.2 cm³/mol. The van der Waals surface area contributed by atoms with Crippen LogP contribution in [0.2, 0.25) is 0 Å². The molecule has 0 saturated heterocycles. The van der Waals surface area contributed by atoms with Gasteiger partial charge in [-0.15, -0.1) is 0 Å². The molecule has 0 bridgehead atoms. The maximum atomic E-state index is 11.8. The van der Waals surface area contributed by atoms with Crippen molar-refractivity contribution in [3.8, 4) is 0 Å². The van der Waals surface area contributed by atoms with Gasteiger partial charge in [0, 0.05) is 0 Å². The van der Waals surface area contributed by atoms with Gasteiger partial charge >= 0.3 is 140 Å². The van der Waals surface area contributed by atoms with E-state index in [1.165, 1.54) is 12.2 Å². The monoisotopic (exact) mass is 416 g/mol. The van der Waals surface area contributed by atoms with Gasteiger partial charge in [0.05, 0.1) is 0 Å². The van der Waals surface area contributed by atoms with Gasteiger partial charge in [-0.3, -0.25) is 0 Å². The number of halogens is 1. The first-order valence-corrected chi connectivity index (χ1v) is 9.71. The second kappa shape index (κ2) is 8.73. The average Bonchev–Trinajstić information content (AvgIpc) is 2.37. The van der Waals surface area contributed by atoms with Crippen molar-refractivity contribution in [1.82, 2.24) is 0 Å². The summed E-state index contributed by atoms with van der Waals surface area (Å²) in [5.74, 6) is -0.972. The van der Waals surface area contributed by atoms with Gasteiger partial charge in [-0.2, -0.15) is 0 Å². The Morgan fingerprint density at radius 2 is 1.32 bits per heavy atom. The summed E-state index contributed by atoms with van der Waals surface area (Å²) in [6, 6.07) is 4.00. The van der Waals surface area contributed by atoms with Gasteiger partial charge in [0.2, 0.25) is 0 Å². The molecule has 1 aromatic carbocycles. The van der Waals surface area contributed by atoms with Gasteiger partial charge in [0.1, 0.15) is 0 Å². The molecule has 4 nitrogen and oxygen atoms in total. The van der Waals surface area contributed by atoms with Gasteiger partial charge < -0.3 is 0 Å². The molecule has 0 unspecified atom stereocenters. The van der Waals surface area contributed by atoms with Crippen LogP contribution in [0.5, 0.6) is 0 Å². The summed E-state index contributed by atoms with van der Waals surface area (Å²) in [6.45, 7) is 9.33. The first kappa shape index (κ1) is 18.4. The Labute approximate surface area is 139 Å². The van der Waals surface area contributed by atoms with Crippen LogP contribution in [0.1, 0.15) is 30.5 Å². The Hall–Kier alpha value is -1.63. The molecule has 0 N–H and O–H groups in total. The molecule has 0 aliphatic heterocycles. The van der Waals surface area contributed by atoms with Gasteiger partial charge in [0.25, 0.3) is 0 Å². The van der Waals surface area contributed by atoms with Crippen LogP contribution in [-0.2, 0) is 15.7 Å². The normalized spacial score (nSPS) is 11.8. The Balaban J connectivity index is 3.19. The summed E-state index contributed by atoms with van der Waals surface area (Å²) in [5.41, 5.74) is 3.07. The van der Waals surface area contributed by atoms with Gasteiger partial charge in [-0.25, -0.2) is 0 Å². The van der Waals surface area contributed by atoms with Crippen LogP contribution >= 0.6 is 20.6 Å². The van der Waals surface area contributed by atoms with E-state index in [-0.39, 0.29) is 0 Å². The molecule has 22 heavy (non-hydrogen) atoms. The molecule has 0 aliphatic rings. The van der Waals surface area contributed by atoms with E-state index in [1.54, 1.807) is 26.0 Å². The molecule has 5 heteroatoms. The van der Waals surface area contributed by atoms with Crippen LogP contribution in [0.15, 0.2) is 36.4 Å². The van der Waals surface area contributed by atoms with Gasteiger partial charge in [0.15, 0.2) is 0 Å². The second-order valence-corrected chi connectivity index (χ2v) is 7.92. The predicted octanol–water partition coefficient (Wildman–Crippen LogP) is 4.36. The van der Waals surface area contributed by atoms with Crippen molar-refractivity contribution in [1.29, 1.82) is 0 Å². The van der Waals surface area contributed by atoms with Crippen LogP contribution in [0.25, 0.3) is 0 Å². The molecule has 0 radical (unpaired) electrons. The number of hydrogen-bond donors (Lipinski definition) is 0. The van der Waals surface area contributed by atoms with E-state index in [0.29, 0.717) is 0 Å². The van der Waals surface area contributed by atoms with E-state index in [1.807, 2.05) is 32.9 Å². The minimum absolute atomic E-state index is 0.486. The third kappa shape index (κ3) is 5.29. The van der Waals surface area contributed by atoms with Crippen LogP contribution in [0, 0.1) is 24.3 Å². The number of hydrogen-bond acceptors (Lipinski definition) is 4. The number of rotatable bonds is 5. The number of aryl methyl sites for hydroxylation is 3. The van der Waals surface area contributed by atoms with Crippen molar-refractivity contribution >= 4 is 32.6 Å². The maximum absolute atomic E-state index is 11.8. The molecule has 0 spiro atoms. The first-order valence-electron chi connectivity index (χ1n) is 6.87. The molecule has 1 rings (SSSR count). The van der Waals surface area contributed by atoms with Crippen molar-refractivity contribution < 1.29 is 15.7 Å². The number of allylic oxidation sites excluding steroid dienone is 2. The van der Waals surface area contributed by atoms with Crippen molar-refractivity contribution in [2.75, 3.05) is 0 Å². The molecule has 0 aliphatic carbocycles. The zero-order valence-corrected chi connectivity index (χ0v) is 15.6. The van der Waals surface area contributed by atoms with E-state index in [2.05, 4.69) is 0 Å². The Bertz CT molecular complexity index is 568. The molecule has 0 atom stereocenters. The fourth-order valence-electron chi connectivity index (χ4n) is 1.96. The van der Waals surface area contributed by atoms with Gasteiger partial charge in [-0.1, -0.05) is 0 Å². The SMILES string of the molecule is C/C=C\C(=O)OI(OC(=O)/C=C\C)c1c(C)cc(C)cc1C. The van der Waals surface area contributed by atoms with E-state index in [4.69, 9.17) is 6.13 Å². The molecule has 120 valence electrons. The summed E-state index contributed by atoms with van der Waals surface area (Å²) in [5, 5.41) is 0. The summed E-state index contributed by atoms with van der Waals surface area (Å²) >= 11 is -2.88. The van der Waals surface area contributed by atoms with Crippen molar-refractivity contribution in [3.63, 3.8) is 0 Å². The van der Waals surface area contributed by atoms with Crippen LogP contribution in [0.3, 0.4) is 0 Å². The van der Waals surface area contributed by atoms with E-state index in [0.717, 1.165) is 20.3 Å². The van der Waals surface area contributed by atoms with Crippen LogP contribution in [-0.4, -0.2) is 11.9 Å². The van der Waals surface area contributed by atoms with Crippen LogP contribution in [0.4, 0.5) is 0 Å². The quantitative estimate of drug-likeness (QED) is 0.529. The number of carbonyl (C=O) groups excluding carboxylic acids is 2. The Kier molecular flexibility index (Phi) is 7.31. The third-order valence-corrected chi connectivity index (χ3v) is 6.88. The third-order valence-electron chi connectivity index (χ3n) is 2.63. The van der Waals surface area contributed by atoms with Gasteiger partial charge in [-0.05, 0) is 0 Å². The van der Waals surface area contributed by atoms with E-state index >= 15 is 0 Å². The zero-order valence-electron chi connectivity index (χ0n) is 13.5. The first-order chi connectivity index (χ1) is 10.4. The molecular formula is C17H21IO4. The van der Waals surface area contributed by atoms with Crippen molar-refractivity contribution in [2.45, 2.75) is 34.6 Å². The van der Waals surface area contributed by atoms with Crippen molar-refractivity contribution in [3.05, 3.63) is 56.7 Å². The molecule has 1 aromatic rings. The molecule has 0 saturated carbocycles. The average molecular weight is 416 g/mol. The molecule has 0 aromatic heterocycles. The Morgan fingerprint density at radius 3 is 1.68 bits per heavy atom. The molecular weight excluding hydrogens is 395 g/mol. The Morgan fingerprint density at radius 1 is 0.909 bits per heavy atom. The molecule has 0 heterocycles. The summed E-state index contributed by atoms with van der Waals surface area (Å²) < 4.78 is 11.8. The number of benzene rings is 1. The fraction of sp³-hybridized carbons (Fsp3) is 0.294. The van der Waals surface area contributed by atoms with Crippen LogP contribution < -0.4 is 0 Å². The molecule has 0 fully saturated rings. The summed E-state index contributed by atoms with van der Waals surface area (Å²) in [6.07, 6.45) is 5.85. The minimum atomic E-state index is -2.88. The topological polar surface area (TPSA) is 52.6 Å². The van der Waals surface area contributed by atoms with E-state index < -0.39 is 32.6 Å². The zero-order chi connectivity index (χ0) is 16.7. The summed E-state index contributed by atoms with van der Waals surface area (Å²) in [4.78, 5) is 23.6. The second-order valence-electron chi connectivity index (χ2n) is 4.72. The fourth-order valence-corrected chi connectivity index (χ4v) is 5.27. The summed E-state index contributed by atoms with van der Waals surface area (Å²) in [7, 11) is 0. The number of carbonyl (C=O) groups is 2.